The minimum atomic E-state index is 0.558. The molecule has 1 unspecified atom stereocenters. The van der Waals surface area contributed by atoms with E-state index in [-0.39, 0.29) is 0 Å². The van der Waals surface area contributed by atoms with Gasteiger partial charge in [-0.1, -0.05) is 6.92 Å². The van der Waals surface area contributed by atoms with Gasteiger partial charge >= 0.3 is 0 Å². The average Bonchev–Trinajstić information content (AvgIpc) is 2.33. The zero-order chi connectivity index (χ0) is 12.3. The van der Waals surface area contributed by atoms with E-state index in [0.29, 0.717) is 5.41 Å². The SMILES string of the molecule is CNC1CCCN(CC2(C)CCN(C)CC2)C1. The molecule has 0 aromatic rings. The molecule has 0 radical (unpaired) electrons. The molecule has 0 bridgehead atoms. The van der Waals surface area contributed by atoms with Crippen molar-refractivity contribution in [3.63, 3.8) is 0 Å². The zero-order valence-corrected chi connectivity index (χ0v) is 11.8. The number of likely N-dealkylation sites (tertiary alicyclic amines) is 2. The van der Waals surface area contributed by atoms with Crippen LogP contribution in [0, 0.1) is 5.41 Å². The van der Waals surface area contributed by atoms with Crippen molar-refractivity contribution in [2.75, 3.05) is 46.8 Å². The topological polar surface area (TPSA) is 18.5 Å². The molecule has 0 aromatic carbocycles. The Bertz CT molecular complexity index is 234. The second kappa shape index (κ2) is 5.68. The minimum Gasteiger partial charge on any atom is -0.316 e. The Labute approximate surface area is 107 Å². The van der Waals surface area contributed by atoms with Crippen LogP contribution in [0.3, 0.4) is 0 Å². The lowest BCUT2D eigenvalue weighted by molar-refractivity contribution is 0.0703. The molecule has 2 fully saturated rings. The molecular formula is C14H29N3. The second-order valence-electron chi connectivity index (χ2n) is 6.48. The van der Waals surface area contributed by atoms with Gasteiger partial charge in [-0.15, -0.1) is 0 Å². The van der Waals surface area contributed by atoms with Gasteiger partial charge in [0.25, 0.3) is 0 Å². The monoisotopic (exact) mass is 239 g/mol. The molecule has 0 saturated carbocycles. The lowest BCUT2D eigenvalue weighted by Crippen LogP contribution is -2.50. The summed E-state index contributed by atoms with van der Waals surface area (Å²) in [6.07, 6.45) is 5.45. The molecule has 2 aliphatic heterocycles. The van der Waals surface area contributed by atoms with E-state index in [2.05, 4.69) is 36.1 Å². The summed E-state index contributed by atoms with van der Waals surface area (Å²) in [6.45, 7) is 8.91. The van der Waals surface area contributed by atoms with Crippen LogP contribution in [-0.4, -0.2) is 62.7 Å². The normalized spacial score (nSPS) is 31.6. The highest BCUT2D eigenvalue weighted by molar-refractivity contribution is 4.87. The molecule has 100 valence electrons. The van der Waals surface area contributed by atoms with Crippen molar-refractivity contribution in [2.24, 2.45) is 5.41 Å². The lowest BCUT2D eigenvalue weighted by Gasteiger charge is -2.43. The number of hydrogen-bond donors (Lipinski definition) is 1. The molecule has 1 atom stereocenters. The first-order valence-corrected chi connectivity index (χ1v) is 7.19. The number of hydrogen-bond acceptors (Lipinski definition) is 3. The van der Waals surface area contributed by atoms with Crippen molar-refractivity contribution >= 4 is 0 Å². The molecule has 0 aliphatic carbocycles. The number of nitrogens with zero attached hydrogens (tertiary/aromatic N) is 2. The van der Waals surface area contributed by atoms with E-state index in [1.54, 1.807) is 0 Å². The van der Waals surface area contributed by atoms with Gasteiger partial charge in [-0.05, 0) is 64.8 Å². The van der Waals surface area contributed by atoms with E-state index in [4.69, 9.17) is 0 Å². The highest BCUT2D eigenvalue weighted by atomic mass is 15.2. The molecule has 0 amide bonds. The summed E-state index contributed by atoms with van der Waals surface area (Å²) in [6, 6.07) is 0.721. The van der Waals surface area contributed by atoms with Crippen molar-refractivity contribution in [3.8, 4) is 0 Å². The van der Waals surface area contributed by atoms with E-state index in [0.717, 1.165) is 6.04 Å². The van der Waals surface area contributed by atoms with Gasteiger partial charge in [0.2, 0.25) is 0 Å². The van der Waals surface area contributed by atoms with E-state index >= 15 is 0 Å². The van der Waals surface area contributed by atoms with Crippen molar-refractivity contribution in [3.05, 3.63) is 0 Å². The number of nitrogens with one attached hydrogen (secondary N) is 1. The summed E-state index contributed by atoms with van der Waals surface area (Å²) in [4.78, 5) is 5.16. The molecule has 17 heavy (non-hydrogen) atoms. The fourth-order valence-electron chi connectivity index (χ4n) is 3.29. The molecular weight excluding hydrogens is 210 g/mol. The van der Waals surface area contributed by atoms with Crippen LogP contribution in [-0.2, 0) is 0 Å². The van der Waals surface area contributed by atoms with Gasteiger partial charge in [0.1, 0.15) is 0 Å². The molecule has 2 heterocycles. The van der Waals surface area contributed by atoms with Gasteiger partial charge in [0.15, 0.2) is 0 Å². The van der Waals surface area contributed by atoms with Crippen molar-refractivity contribution in [1.29, 1.82) is 0 Å². The number of likely N-dealkylation sites (N-methyl/N-ethyl adjacent to an activating group) is 1. The van der Waals surface area contributed by atoms with Gasteiger partial charge in [-0.3, -0.25) is 0 Å². The van der Waals surface area contributed by atoms with E-state index < -0.39 is 0 Å². The summed E-state index contributed by atoms with van der Waals surface area (Å²) < 4.78 is 0. The molecule has 2 aliphatic rings. The highest BCUT2D eigenvalue weighted by Crippen LogP contribution is 2.32. The van der Waals surface area contributed by atoms with Gasteiger partial charge in [0.05, 0.1) is 0 Å². The van der Waals surface area contributed by atoms with Crippen LogP contribution in [0.1, 0.15) is 32.6 Å². The number of rotatable bonds is 3. The van der Waals surface area contributed by atoms with E-state index in [1.807, 2.05) is 0 Å². The van der Waals surface area contributed by atoms with Gasteiger partial charge in [-0.25, -0.2) is 0 Å². The van der Waals surface area contributed by atoms with Crippen LogP contribution in [0.2, 0.25) is 0 Å². The van der Waals surface area contributed by atoms with Crippen LogP contribution in [0.4, 0.5) is 0 Å². The van der Waals surface area contributed by atoms with Gasteiger partial charge in [-0.2, -0.15) is 0 Å². The summed E-state index contributed by atoms with van der Waals surface area (Å²) >= 11 is 0. The third-order valence-electron chi connectivity index (χ3n) is 4.71. The first kappa shape index (κ1) is 13.3. The Kier molecular flexibility index (Phi) is 4.45. The quantitative estimate of drug-likeness (QED) is 0.803. The molecule has 3 nitrogen and oxygen atoms in total. The van der Waals surface area contributed by atoms with Crippen LogP contribution >= 0.6 is 0 Å². The first-order chi connectivity index (χ1) is 8.11. The molecule has 0 spiro atoms. The van der Waals surface area contributed by atoms with Gasteiger partial charge < -0.3 is 15.1 Å². The van der Waals surface area contributed by atoms with Gasteiger partial charge in [0, 0.05) is 19.1 Å². The van der Waals surface area contributed by atoms with Crippen molar-refractivity contribution in [2.45, 2.75) is 38.6 Å². The molecule has 3 heteroatoms. The summed E-state index contributed by atoms with van der Waals surface area (Å²) in [7, 11) is 4.35. The second-order valence-corrected chi connectivity index (χ2v) is 6.48. The number of piperidine rings is 2. The maximum atomic E-state index is 3.44. The molecule has 2 rings (SSSR count). The maximum Gasteiger partial charge on any atom is 0.0192 e. The van der Waals surface area contributed by atoms with Crippen LogP contribution in [0.25, 0.3) is 0 Å². The van der Waals surface area contributed by atoms with Crippen molar-refractivity contribution < 1.29 is 0 Å². The lowest BCUT2D eigenvalue weighted by atomic mass is 9.79. The van der Waals surface area contributed by atoms with Crippen LogP contribution < -0.4 is 5.32 Å². The Morgan fingerprint density at radius 2 is 1.94 bits per heavy atom. The summed E-state index contributed by atoms with van der Waals surface area (Å²) in [5.41, 5.74) is 0.558. The third-order valence-corrected chi connectivity index (χ3v) is 4.71. The first-order valence-electron chi connectivity index (χ1n) is 7.19. The average molecular weight is 239 g/mol. The Balaban J connectivity index is 1.83. The summed E-state index contributed by atoms with van der Waals surface area (Å²) in [5.74, 6) is 0. The molecule has 1 N–H and O–H groups in total. The van der Waals surface area contributed by atoms with E-state index in [1.165, 1.54) is 58.4 Å². The smallest absolute Gasteiger partial charge is 0.0192 e. The Morgan fingerprint density at radius 3 is 2.59 bits per heavy atom. The molecule has 0 aromatic heterocycles. The third kappa shape index (κ3) is 3.67. The zero-order valence-electron chi connectivity index (χ0n) is 11.8. The van der Waals surface area contributed by atoms with Crippen LogP contribution in [0.15, 0.2) is 0 Å². The van der Waals surface area contributed by atoms with Crippen LogP contribution in [0.5, 0.6) is 0 Å². The molecule has 2 saturated heterocycles. The Hall–Kier alpha value is -0.120. The maximum absolute atomic E-state index is 3.44. The standard InChI is InChI=1S/C14H29N3/c1-14(6-9-16(3)10-7-14)12-17-8-4-5-13(11-17)15-2/h13,15H,4-12H2,1-3H3. The van der Waals surface area contributed by atoms with E-state index in [9.17, 15) is 0 Å². The predicted molar refractivity (Wildman–Crippen MR) is 73.4 cm³/mol. The fraction of sp³-hybridized carbons (Fsp3) is 1.00. The Morgan fingerprint density at radius 1 is 1.24 bits per heavy atom. The minimum absolute atomic E-state index is 0.558. The fourth-order valence-corrected chi connectivity index (χ4v) is 3.29. The largest absolute Gasteiger partial charge is 0.316 e. The summed E-state index contributed by atoms with van der Waals surface area (Å²) in [5, 5.41) is 3.44. The predicted octanol–water partition coefficient (Wildman–Crippen LogP) is 1.40. The van der Waals surface area contributed by atoms with Crippen molar-refractivity contribution in [1.82, 2.24) is 15.1 Å². The highest BCUT2D eigenvalue weighted by Gasteiger charge is 2.32.